The lowest BCUT2D eigenvalue weighted by Gasteiger charge is -2.09. The fraction of sp³-hybridized carbons (Fsp3) is 0.455. The van der Waals surface area contributed by atoms with Crippen molar-refractivity contribution in [2.75, 3.05) is 6.61 Å². The van der Waals surface area contributed by atoms with Crippen LogP contribution in [0.5, 0.6) is 0 Å². The highest BCUT2D eigenvalue weighted by Crippen LogP contribution is 2.16. The molecule has 20 heavy (non-hydrogen) atoms. The van der Waals surface area contributed by atoms with Gasteiger partial charge in [0.15, 0.2) is 0 Å². The Morgan fingerprint density at radius 1 is 1.50 bits per heavy atom. The summed E-state index contributed by atoms with van der Waals surface area (Å²) in [5, 5.41) is 12.6. The van der Waals surface area contributed by atoms with E-state index >= 15 is 0 Å². The van der Waals surface area contributed by atoms with E-state index in [1.54, 1.807) is 13.8 Å². The number of aliphatic hydroxyl groups is 1. The number of sulfonamides is 1. The van der Waals surface area contributed by atoms with Gasteiger partial charge in [-0.2, -0.15) is 9.82 Å². The second kappa shape index (κ2) is 5.73. The van der Waals surface area contributed by atoms with E-state index in [1.807, 2.05) is 0 Å². The highest BCUT2D eigenvalue weighted by atomic mass is 32.2. The van der Waals surface area contributed by atoms with E-state index in [9.17, 15) is 8.42 Å². The molecule has 2 heterocycles. The van der Waals surface area contributed by atoms with Crippen molar-refractivity contribution in [3.05, 3.63) is 30.2 Å². The van der Waals surface area contributed by atoms with Crippen molar-refractivity contribution in [2.24, 2.45) is 0 Å². The monoisotopic (exact) mass is 300 g/mol. The molecular formula is C11H16N4O4S. The molecule has 2 N–H and O–H groups in total. The van der Waals surface area contributed by atoms with Gasteiger partial charge in [-0.05, 0) is 13.8 Å². The zero-order valence-corrected chi connectivity index (χ0v) is 12.0. The van der Waals surface area contributed by atoms with Crippen molar-refractivity contribution in [3.8, 4) is 0 Å². The Labute approximate surface area is 116 Å². The van der Waals surface area contributed by atoms with E-state index < -0.39 is 16.1 Å². The van der Waals surface area contributed by atoms with Crippen molar-refractivity contribution >= 4 is 10.0 Å². The van der Waals surface area contributed by atoms with Crippen LogP contribution >= 0.6 is 0 Å². The topological polar surface area (TPSA) is 110 Å². The van der Waals surface area contributed by atoms with Gasteiger partial charge in [0.1, 0.15) is 10.7 Å². The van der Waals surface area contributed by atoms with Gasteiger partial charge in [0.2, 0.25) is 15.9 Å². The minimum atomic E-state index is -3.71. The number of aromatic nitrogens is 3. The van der Waals surface area contributed by atoms with Gasteiger partial charge in [-0.15, -0.1) is 0 Å². The maximum absolute atomic E-state index is 12.1. The minimum absolute atomic E-state index is 0.0288. The second-order valence-electron chi connectivity index (χ2n) is 4.31. The highest BCUT2D eigenvalue weighted by Gasteiger charge is 2.22. The Balaban J connectivity index is 2.13. The molecule has 0 amide bonds. The van der Waals surface area contributed by atoms with Crippen LogP contribution in [0, 0.1) is 6.92 Å². The summed E-state index contributed by atoms with van der Waals surface area (Å²) < 4.78 is 33.4. The van der Waals surface area contributed by atoms with Gasteiger partial charge >= 0.3 is 0 Å². The van der Waals surface area contributed by atoms with E-state index in [4.69, 9.17) is 9.52 Å². The van der Waals surface area contributed by atoms with Crippen LogP contribution in [0.3, 0.4) is 0 Å². The molecule has 2 rings (SSSR count). The molecule has 0 saturated carbocycles. The number of aliphatic hydroxyl groups excluding tert-OH is 1. The van der Waals surface area contributed by atoms with Crippen molar-refractivity contribution in [1.82, 2.24) is 19.5 Å². The van der Waals surface area contributed by atoms with Crippen molar-refractivity contribution in [1.29, 1.82) is 0 Å². The summed E-state index contributed by atoms with van der Waals surface area (Å²) in [6.07, 6.45) is 4.11. The van der Waals surface area contributed by atoms with E-state index in [0.29, 0.717) is 11.7 Å². The molecule has 1 unspecified atom stereocenters. The molecule has 0 aliphatic rings. The Kier molecular flexibility index (Phi) is 4.21. The smallest absolute Gasteiger partial charge is 0.244 e. The molecule has 0 fully saturated rings. The first-order chi connectivity index (χ1) is 9.42. The van der Waals surface area contributed by atoms with Gasteiger partial charge in [-0.25, -0.2) is 13.4 Å². The Hall–Kier alpha value is -1.71. The summed E-state index contributed by atoms with van der Waals surface area (Å²) in [4.78, 5) is 4.01. The predicted molar refractivity (Wildman–Crippen MR) is 69.3 cm³/mol. The molecular weight excluding hydrogens is 284 g/mol. The number of rotatable bonds is 6. The lowest BCUT2D eigenvalue weighted by atomic mass is 10.4. The van der Waals surface area contributed by atoms with E-state index in [-0.39, 0.29) is 18.0 Å². The third kappa shape index (κ3) is 3.24. The number of hydrogen-bond donors (Lipinski definition) is 2. The zero-order valence-electron chi connectivity index (χ0n) is 11.1. The largest absolute Gasteiger partial charge is 0.444 e. The number of nitrogens with one attached hydrogen (secondary N) is 1. The molecule has 0 aliphatic carbocycles. The third-order valence-electron chi connectivity index (χ3n) is 2.59. The molecule has 1 atom stereocenters. The minimum Gasteiger partial charge on any atom is -0.444 e. The molecule has 0 spiro atoms. The van der Waals surface area contributed by atoms with Crippen molar-refractivity contribution < 1.29 is 17.9 Å². The molecule has 0 aliphatic heterocycles. The maximum atomic E-state index is 12.1. The van der Waals surface area contributed by atoms with Crippen LogP contribution in [0.4, 0.5) is 0 Å². The summed E-state index contributed by atoms with van der Waals surface area (Å²) >= 11 is 0. The van der Waals surface area contributed by atoms with Gasteiger partial charge < -0.3 is 9.52 Å². The Morgan fingerprint density at radius 2 is 2.25 bits per heavy atom. The first kappa shape index (κ1) is 14.7. The molecule has 0 saturated heterocycles. The summed E-state index contributed by atoms with van der Waals surface area (Å²) in [5.41, 5.74) is 0. The normalized spacial score (nSPS) is 13.6. The molecule has 110 valence electrons. The van der Waals surface area contributed by atoms with Crippen molar-refractivity contribution in [2.45, 2.75) is 31.3 Å². The van der Waals surface area contributed by atoms with Gasteiger partial charge in [-0.1, -0.05) is 0 Å². The average Bonchev–Trinajstić information content (AvgIpc) is 2.98. The van der Waals surface area contributed by atoms with Crippen LogP contribution in [-0.2, 0) is 16.6 Å². The average molecular weight is 300 g/mol. The molecule has 0 bridgehead atoms. The number of nitrogens with zero attached hydrogens (tertiary/aromatic N) is 3. The molecule has 2 aromatic heterocycles. The SMILES string of the molecule is Cc1cnc(C(C)NS(=O)(=O)c2cnn(CCO)c2)o1. The van der Waals surface area contributed by atoms with Crippen LogP contribution in [0.15, 0.2) is 27.9 Å². The molecule has 0 aromatic carbocycles. The maximum Gasteiger partial charge on any atom is 0.244 e. The fourth-order valence-corrected chi connectivity index (χ4v) is 2.78. The Bertz CT molecular complexity index is 676. The highest BCUT2D eigenvalue weighted by molar-refractivity contribution is 7.89. The van der Waals surface area contributed by atoms with E-state index in [0.717, 1.165) is 0 Å². The van der Waals surface area contributed by atoms with Gasteiger partial charge in [0.05, 0.1) is 31.6 Å². The number of oxazole rings is 1. The van der Waals surface area contributed by atoms with E-state index in [1.165, 1.54) is 23.3 Å². The van der Waals surface area contributed by atoms with Gasteiger partial charge in [-0.3, -0.25) is 4.68 Å². The van der Waals surface area contributed by atoms with Gasteiger partial charge in [0, 0.05) is 6.20 Å². The lowest BCUT2D eigenvalue weighted by molar-refractivity contribution is 0.269. The van der Waals surface area contributed by atoms with Crippen LogP contribution in [-0.4, -0.2) is 34.9 Å². The van der Waals surface area contributed by atoms with Crippen LogP contribution in [0.1, 0.15) is 24.6 Å². The number of hydrogen-bond acceptors (Lipinski definition) is 6. The Morgan fingerprint density at radius 3 is 2.85 bits per heavy atom. The summed E-state index contributed by atoms with van der Waals surface area (Å²) in [6, 6.07) is -0.588. The first-order valence-corrected chi connectivity index (χ1v) is 7.48. The quantitative estimate of drug-likeness (QED) is 0.789. The fourth-order valence-electron chi connectivity index (χ4n) is 1.63. The van der Waals surface area contributed by atoms with Crippen LogP contribution in [0.2, 0.25) is 0 Å². The molecule has 8 nitrogen and oxygen atoms in total. The standard InChI is InChI=1S/C11H16N4O4S/c1-8-5-12-11(19-8)9(2)14-20(17,18)10-6-13-15(7-10)3-4-16/h5-7,9,14,16H,3-4H2,1-2H3. The summed E-state index contributed by atoms with van der Waals surface area (Å²) in [7, 11) is -3.71. The van der Waals surface area contributed by atoms with Crippen molar-refractivity contribution in [3.63, 3.8) is 0 Å². The second-order valence-corrected chi connectivity index (χ2v) is 6.03. The molecule has 2 aromatic rings. The summed E-state index contributed by atoms with van der Waals surface area (Å²) in [5.74, 6) is 0.913. The van der Waals surface area contributed by atoms with Crippen LogP contribution in [0.25, 0.3) is 0 Å². The third-order valence-corrected chi connectivity index (χ3v) is 4.09. The predicted octanol–water partition coefficient (Wildman–Crippen LogP) is 0.211. The zero-order chi connectivity index (χ0) is 14.8. The summed E-state index contributed by atoms with van der Waals surface area (Å²) in [6.45, 7) is 3.50. The first-order valence-electron chi connectivity index (χ1n) is 6.00. The van der Waals surface area contributed by atoms with Gasteiger partial charge in [0.25, 0.3) is 0 Å². The van der Waals surface area contributed by atoms with E-state index in [2.05, 4.69) is 14.8 Å². The molecule has 9 heteroatoms. The lowest BCUT2D eigenvalue weighted by Crippen LogP contribution is -2.26. The molecule has 0 radical (unpaired) electrons. The number of aryl methyl sites for hydroxylation is 1. The van der Waals surface area contributed by atoms with Crippen LogP contribution < -0.4 is 4.72 Å².